The van der Waals surface area contributed by atoms with Crippen molar-refractivity contribution < 1.29 is 35.5 Å². The second-order valence-corrected chi connectivity index (χ2v) is 4.57. The number of alkyl halides is 6. The number of carbonyl (C=O) groups is 1. The second-order valence-electron chi connectivity index (χ2n) is 4.57. The van der Waals surface area contributed by atoms with E-state index in [-0.39, 0.29) is 5.65 Å². The third-order valence-electron chi connectivity index (χ3n) is 2.87. The topological polar surface area (TPSA) is 74.8 Å². The minimum Gasteiger partial charge on any atom is -0.345 e. The number of H-pyrrole nitrogens is 1. The number of nitrogens with zero attached hydrogens (tertiary/aromatic N) is 1. The van der Waals surface area contributed by atoms with E-state index in [2.05, 4.69) is 9.97 Å². The number of aromatic nitrogens is 2. The predicted octanol–water partition coefficient (Wildman–Crippen LogP) is 2.29. The summed E-state index contributed by atoms with van der Waals surface area (Å²) >= 11 is 0. The van der Waals surface area contributed by atoms with Crippen molar-refractivity contribution in [3.8, 4) is 0 Å². The number of halogens is 7. The van der Waals surface area contributed by atoms with Crippen molar-refractivity contribution >= 4 is 16.9 Å². The summed E-state index contributed by atoms with van der Waals surface area (Å²) in [6, 6.07) is -3.51. The zero-order valence-corrected chi connectivity index (χ0v) is 11.2. The molecule has 0 atom stereocenters. The van der Waals surface area contributed by atoms with Gasteiger partial charge in [0, 0.05) is 6.20 Å². The largest absolute Gasteiger partial charge is 0.417 e. The maximum absolute atomic E-state index is 13.1. The van der Waals surface area contributed by atoms with E-state index in [0.717, 1.165) is 6.20 Å². The van der Waals surface area contributed by atoms with Crippen LogP contribution in [0.2, 0.25) is 0 Å². The van der Waals surface area contributed by atoms with Gasteiger partial charge in [-0.1, -0.05) is 0 Å². The standard InChI is InChI=1S/C12H6F7N3O2/c13-4-1-5-7(23)6(3-21-8(5)20-2-4)9(24)22-10(11(14,15)16)12(17,18)19/h1-3,10H,(H,22,24)(H,20,21,23). The number of amides is 1. The van der Waals surface area contributed by atoms with Crippen molar-refractivity contribution in [3.05, 3.63) is 40.1 Å². The molecule has 0 aromatic carbocycles. The van der Waals surface area contributed by atoms with Crippen molar-refractivity contribution in [1.82, 2.24) is 15.3 Å². The lowest BCUT2D eigenvalue weighted by Gasteiger charge is -2.23. The average molecular weight is 357 g/mol. The molecule has 2 aromatic heterocycles. The summed E-state index contributed by atoms with van der Waals surface area (Å²) in [7, 11) is 0. The van der Waals surface area contributed by atoms with E-state index in [4.69, 9.17) is 0 Å². The van der Waals surface area contributed by atoms with E-state index in [1.54, 1.807) is 0 Å². The molecule has 0 fully saturated rings. The highest BCUT2D eigenvalue weighted by atomic mass is 19.4. The van der Waals surface area contributed by atoms with Crippen LogP contribution in [0.1, 0.15) is 10.4 Å². The molecule has 0 aliphatic rings. The minimum atomic E-state index is -5.81. The van der Waals surface area contributed by atoms with Crippen molar-refractivity contribution in [1.29, 1.82) is 0 Å². The van der Waals surface area contributed by atoms with Gasteiger partial charge in [0.15, 0.2) is 0 Å². The summed E-state index contributed by atoms with van der Waals surface area (Å²) in [5.74, 6) is -2.89. The number of fused-ring (bicyclic) bond motifs is 1. The van der Waals surface area contributed by atoms with Crippen LogP contribution in [0.15, 0.2) is 23.3 Å². The Bertz CT molecular complexity index is 827. The van der Waals surface area contributed by atoms with Gasteiger partial charge in [0.2, 0.25) is 11.5 Å². The molecule has 0 aliphatic heterocycles. The lowest BCUT2D eigenvalue weighted by atomic mass is 10.1. The highest BCUT2D eigenvalue weighted by Gasteiger charge is 2.57. The highest BCUT2D eigenvalue weighted by molar-refractivity contribution is 5.96. The number of rotatable bonds is 2. The van der Waals surface area contributed by atoms with Crippen LogP contribution >= 0.6 is 0 Å². The molecule has 1 amide bonds. The predicted molar refractivity (Wildman–Crippen MR) is 65.7 cm³/mol. The summed E-state index contributed by atoms with van der Waals surface area (Å²) in [6.07, 6.45) is -10.3. The quantitative estimate of drug-likeness (QED) is 0.810. The van der Waals surface area contributed by atoms with Gasteiger partial charge in [-0.2, -0.15) is 26.3 Å². The van der Waals surface area contributed by atoms with Crippen LogP contribution in [-0.4, -0.2) is 34.3 Å². The number of carbonyl (C=O) groups excluding carboxylic acids is 1. The van der Waals surface area contributed by atoms with Crippen LogP contribution in [0.3, 0.4) is 0 Å². The Morgan fingerprint density at radius 2 is 1.75 bits per heavy atom. The molecule has 0 spiro atoms. The summed E-state index contributed by atoms with van der Waals surface area (Å²) in [6.45, 7) is 0. The van der Waals surface area contributed by atoms with Gasteiger partial charge in [0.05, 0.1) is 11.6 Å². The fraction of sp³-hybridized carbons (Fsp3) is 0.250. The molecule has 0 saturated heterocycles. The highest BCUT2D eigenvalue weighted by Crippen LogP contribution is 2.33. The van der Waals surface area contributed by atoms with E-state index >= 15 is 0 Å². The van der Waals surface area contributed by atoms with Crippen molar-refractivity contribution in [3.63, 3.8) is 0 Å². The molecular formula is C12H6F7N3O2. The molecule has 0 radical (unpaired) electrons. The first-order chi connectivity index (χ1) is 10.9. The van der Waals surface area contributed by atoms with E-state index in [1.165, 1.54) is 0 Å². The smallest absolute Gasteiger partial charge is 0.345 e. The second kappa shape index (κ2) is 5.76. The molecule has 0 aliphatic carbocycles. The van der Waals surface area contributed by atoms with Crippen LogP contribution in [0.5, 0.6) is 0 Å². The Kier molecular flexibility index (Phi) is 4.25. The summed E-state index contributed by atoms with van der Waals surface area (Å²) in [5.41, 5.74) is -2.51. The number of hydrogen-bond acceptors (Lipinski definition) is 3. The van der Waals surface area contributed by atoms with Gasteiger partial charge in [0.25, 0.3) is 5.91 Å². The molecule has 0 unspecified atom stereocenters. The zero-order chi connectivity index (χ0) is 18.3. The Morgan fingerprint density at radius 1 is 1.17 bits per heavy atom. The lowest BCUT2D eigenvalue weighted by Crippen LogP contribution is -2.55. The minimum absolute atomic E-state index is 0.193. The van der Waals surface area contributed by atoms with Gasteiger partial charge in [-0.25, -0.2) is 9.37 Å². The third kappa shape index (κ3) is 3.46. The zero-order valence-electron chi connectivity index (χ0n) is 11.2. The van der Waals surface area contributed by atoms with Crippen molar-refractivity contribution in [2.24, 2.45) is 0 Å². The monoisotopic (exact) mass is 357 g/mol. The molecule has 2 aromatic rings. The number of aromatic amines is 1. The van der Waals surface area contributed by atoms with Gasteiger partial charge in [-0.15, -0.1) is 0 Å². The van der Waals surface area contributed by atoms with Crippen LogP contribution in [0, 0.1) is 5.82 Å². The first-order valence-corrected chi connectivity index (χ1v) is 6.02. The summed E-state index contributed by atoms with van der Waals surface area (Å²) < 4.78 is 87.6. The Labute approximate surface area is 127 Å². The van der Waals surface area contributed by atoms with Gasteiger partial charge in [-0.3, -0.25) is 9.59 Å². The van der Waals surface area contributed by atoms with Gasteiger partial charge >= 0.3 is 12.4 Å². The number of pyridine rings is 2. The van der Waals surface area contributed by atoms with Crippen LogP contribution in [0.25, 0.3) is 11.0 Å². The molecule has 12 heteroatoms. The fourth-order valence-corrected chi connectivity index (χ4v) is 1.81. The van der Waals surface area contributed by atoms with Gasteiger partial charge < -0.3 is 10.3 Å². The van der Waals surface area contributed by atoms with E-state index in [9.17, 15) is 40.3 Å². The van der Waals surface area contributed by atoms with Crippen molar-refractivity contribution in [2.45, 2.75) is 18.4 Å². The summed E-state index contributed by atoms with van der Waals surface area (Å²) in [5, 5.41) is 0.209. The number of hydrogen-bond donors (Lipinski definition) is 2. The molecule has 2 heterocycles. The van der Waals surface area contributed by atoms with E-state index < -0.39 is 46.5 Å². The molecule has 0 bridgehead atoms. The van der Waals surface area contributed by atoms with Crippen LogP contribution in [0.4, 0.5) is 30.7 Å². The molecule has 5 nitrogen and oxygen atoms in total. The maximum atomic E-state index is 13.1. The SMILES string of the molecule is O=C(NC(C(F)(F)F)C(F)(F)F)c1c[nH]c2ncc(F)cc2c1=O. The molecule has 0 saturated carbocycles. The number of nitrogens with one attached hydrogen (secondary N) is 2. The average Bonchev–Trinajstić information content (AvgIpc) is 2.43. The van der Waals surface area contributed by atoms with Gasteiger partial charge in [-0.05, 0) is 6.07 Å². The first-order valence-electron chi connectivity index (χ1n) is 6.02. The Hall–Kier alpha value is -2.66. The van der Waals surface area contributed by atoms with Gasteiger partial charge in [0.1, 0.15) is 17.0 Å². The third-order valence-corrected chi connectivity index (χ3v) is 2.87. The molecule has 24 heavy (non-hydrogen) atoms. The maximum Gasteiger partial charge on any atom is 0.417 e. The van der Waals surface area contributed by atoms with Crippen LogP contribution in [-0.2, 0) is 0 Å². The molecule has 130 valence electrons. The Morgan fingerprint density at radius 3 is 2.29 bits per heavy atom. The van der Waals surface area contributed by atoms with Crippen molar-refractivity contribution in [2.75, 3.05) is 0 Å². The lowest BCUT2D eigenvalue weighted by molar-refractivity contribution is -0.255. The van der Waals surface area contributed by atoms with Crippen LogP contribution < -0.4 is 10.7 Å². The fourth-order valence-electron chi connectivity index (χ4n) is 1.81. The van der Waals surface area contributed by atoms with E-state index in [0.29, 0.717) is 17.6 Å². The van der Waals surface area contributed by atoms with E-state index in [1.807, 2.05) is 0 Å². The summed E-state index contributed by atoms with van der Waals surface area (Å²) in [4.78, 5) is 29.3. The normalized spacial score (nSPS) is 12.7. The Balaban J connectivity index is 2.45. The molecular weight excluding hydrogens is 351 g/mol. The molecule has 2 N–H and O–H groups in total. The molecule has 2 rings (SSSR count). The first kappa shape index (κ1) is 17.7.